The number of morpholine rings is 1. The van der Waals surface area contributed by atoms with Gasteiger partial charge in [0.2, 0.25) is 0 Å². The minimum Gasteiger partial charge on any atom is -0.469 e. The lowest BCUT2D eigenvalue weighted by Gasteiger charge is -2.30. The fourth-order valence-electron chi connectivity index (χ4n) is 3.25. The number of benzene rings is 1. The largest absolute Gasteiger partial charge is 0.469 e. The molecule has 1 aromatic carbocycles. The summed E-state index contributed by atoms with van der Waals surface area (Å²) < 4.78 is 13.5. The number of anilines is 1. The maximum atomic E-state index is 11.6. The van der Waals surface area contributed by atoms with Gasteiger partial charge in [-0.25, -0.2) is 0 Å². The van der Waals surface area contributed by atoms with Crippen molar-refractivity contribution in [3.8, 4) is 11.1 Å². The second-order valence-corrected chi connectivity index (χ2v) is 7.05. The SMILES string of the molecule is COC(=O)CCc1c(N2CCOCC2)c(-c2ccc(Br)cc2)cn1C. The number of aromatic nitrogens is 1. The van der Waals surface area contributed by atoms with Crippen molar-refractivity contribution < 1.29 is 14.3 Å². The molecule has 1 fully saturated rings. The molecule has 1 aliphatic rings. The third-order valence-corrected chi connectivity index (χ3v) is 5.08. The Balaban J connectivity index is 2.01. The number of esters is 1. The molecule has 0 amide bonds. The van der Waals surface area contributed by atoms with Crippen LogP contribution in [0.25, 0.3) is 11.1 Å². The summed E-state index contributed by atoms with van der Waals surface area (Å²) in [7, 11) is 3.47. The third-order valence-electron chi connectivity index (χ3n) is 4.55. The average Bonchev–Trinajstić information content (AvgIpc) is 2.97. The lowest BCUT2D eigenvalue weighted by molar-refractivity contribution is -0.140. The van der Waals surface area contributed by atoms with E-state index in [1.165, 1.54) is 23.9 Å². The molecule has 0 unspecified atom stereocenters. The van der Waals surface area contributed by atoms with Crippen LogP contribution in [0.3, 0.4) is 0 Å². The van der Waals surface area contributed by atoms with Crippen LogP contribution in [0, 0.1) is 0 Å². The van der Waals surface area contributed by atoms with Crippen molar-refractivity contribution in [2.45, 2.75) is 12.8 Å². The molecule has 3 rings (SSSR count). The van der Waals surface area contributed by atoms with E-state index >= 15 is 0 Å². The number of hydrogen-bond donors (Lipinski definition) is 0. The van der Waals surface area contributed by atoms with Crippen LogP contribution in [0.2, 0.25) is 0 Å². The van der Waals surface area contributed by atoms with E-state index in [1.54, 1.807) is 0 Å². The van der Waals surface area contributed by atoms with Gasteiger partial charge in [-0.3, -0.25) is 4.79 Å². The maximum absolute atomic E-state index is 11.6. The molecule has 1 aliphatic heterocycles. The molecule has 0 bridgehead atoms. The molecule has 6 heteroatoms. The molecule has 2 heterocycles. The highest BCUT2D eigenvalue weighted by atomic mass is 79.9. The topological polar surface area (TPSA) is 43.7 Å². The fraction of sp³-hybridized carbons (Fsp3) is 0.421. The number of aryl methyl sites for hydroxylation is 1. The second-order valence-electron chi connectivity index (χ2n) is 6.13. The van der Waals surface area contributed by atoms with Crippen LogP contribution in [0.15, 0.2) is 34.9 Å². The van der Waals surface area contributed by atoms with Crippen molar-refractivity contribution in [1.82, 2.24) is 4.57 Å². The lowest BCUT2D eigenvalue weighted by Crippen LogP contribution is -2.37. The number of nitrogens with zero attached hydrogens (tertiary/aromatic N) is 2. The first-order valence-electron chi connectivity index (χ1n) is 8.44. The summed E-state index contributed by atoms with van der Waals surface area (Å²) in [6, 6.07) is 8.35. The van der Waals surface area contributed by atoms with Gasteiger partial charge in [0.1, 0.15) is 0 Å². The number of rotatable bonds is 5. The van der Waals surface area contributed by atoms with Crippen LogP contribution < -0.4 is 4.90 Å². The van der Waals surface area contributed by atoms with E-state index in [9.17, 15) is 4.79 Å². The number of ether oxygens (including phenoxy) is 2. The monoisotopic (exact) mass is 406 g/mol. The Morgan fingerprint density at radius 3 is 2.56 bits per heavy atom. The summed E-state index contributed by atoms with van der Waals surface area (Å²) in [6.07, 6.45) is 3.19. The number of carbonyl (C=O) groups excluding carboxylic acids is 1. The van der Waals surface area contributed by atoms with Crippen molar-refractivity contribution in [2.75, 3.05) is 38.3 Å². The first-order chi connectivity index (χ1) is 12.1. The quantitative estimate of drug-likeness (QED) is 0.713. The minimum absolute atomic E-state index is 0.181. The Hall–Kier alpha value is -1.79. The van der Waals surface area contributed by atoms with Gasteiger partial charge >= 0.3 is 5.97 Å². The van der Waals surface area contributed by atoms with Crippen LogP contribution in [-0.2, 0) is 27.7 Å². The van der Waals surface area contributed by atoms with Gasteiger partial charge < -0.3 is 18.9 Å². The molecule has 1 aromatic heterocycles. The zero-order valence-corrected chi connectivity index (χ0v) is 16.2. The van der Waals surface area contributed by atoms with E-state index in [1.807, 2.05) is 7.05 Å². The summed E-state index contributed by atoms with van der Waals surface area (Å²) in [5, 5.41) is 0. The van der Waals surface area contributed by atoms with Gasteiger partial charge in [-0.2, -0.15) is 0 Å². The normalized spacial score (nSPS) is 14.6. The van der Waals surface area contributed by atoms with Gasteiger partial charge in [-0.1, -0.05) is 28.1 Å². The van der Waals surface area contributed by atoms with E-state index < -0.39 is 0 Å². The summed E-state index contributed by atoms with van der Waals surface area (Å²) in [5.74, 6) is -0.181. The number of methoxy groups -OCH3 is 1. The van der Waals surface area contributed by atoms with Gasteiger partial charge in [0.25, 0.3) is 0 Å². The van der Waals surface area contributed by atoms with Crippen molar-refractivity contribution in [2.24, 2.45) is 7.05 Å². The predicted octanol–water partition coefficient (Wildman–Crippen LogP) is 3.40. The molecular formula is C19H23BrN2O3. The van der Waals surface area contributed by atoms with Crippen LogP contribution in [0.1, 0.15) is 12.1 Å². The van der Waals surface area contributed by atoms with Crippen molar-refractivity contribution in [3.63, 3.8) is 0 Å². The Kier molecular flexibility index (Phi) is 5.81. The van der Waals surface area contributed by atoms with Gasteiger partial charge in [-0.15, -0.1) is 0 Å². The molecule has 0 atom stereocenters. The van der Waals surface area contributed by atoms with E-state index in [0.717, 1.165) is 36.5 Å². The van der Waals surface area contributed by atoms with E-state index in [2.05, 4.69) is 55.9 Å². The standard InChI is InChI=1S/C19H23BrN2O3/c1-21-13-16(14-3-5-15(20)6-4-14)19(22-9-11-25-12-10-22)17(21)7-8-18(23)24-2/h3-6,13H,7-12H2,1-2H3. The third kappa shape index (κ3) is 4.07. The first kappa shape index (κ1) is 18.0. The number of carbonyl (C=O) groups is 1. The van der Waals surface area contributed by atoms with Gasteiger partial charge in [0, 0.05) is 48.5 Å². The van der Waals surface area contributed by atoms with Gasteiger partial charge in [0.05, 0.1) is 32.4 Å². The highest BCUT2D eigenvalue weighted by molar-refractivity contribution is 9.10. The highest BCUT2D eigenvalue weighted by Gasteiger charge is 2.23. The summed E-state index contributed by atoms with van der Waals surface area (Å²) in [6.45, 7) is 3.17. The molecule has 134 valence electrons. The molecule has 1 saturated heterocycles. The molecule has 0 spiro atoms. The van der Waals surface area contributed by atoms with Crippen LogP contribution >= 0.6 is 15.9 Å². The molecule has 2 aromatic rings. The maximum Gasteiger partial charge on any atom is 0.305 e. The Morgan fingerprint density at radius 1 is 1.24 bits per heavy atom. The van der Waals surface area contributed by atoms with Crippen LogP contribution in [-0.4, -0.2) is 43.9 Å². The van der Waals surface area contributed by atoms with E-state index in [-0.39, 0.29) is 5.97 Å². The molecule has 25 heavy (non-hydrogen) atoms. The zero-order chi connectivity index (χ0) is 17.8. The molecule has 0 radical (unpaired) electrons. The summed E-state index contributed by atoms with van der Waals surface area (Å²) in [5.41, 5.74) is 4.73. The fourth-order valence-corrected chi connectivity index (χ4v) is 3.52. The molecule has 0 N–H and O–H groups in total. The molecular weight excluding hydrogens is 384 g/mol. The van der Waals surface area contributed by atoms with Gasteiger partial charge in [0.15, 0.2) is 0 Å². The van der Waals surface area contributed by atoms with Crippen molar-refractivity contribution in [1.29, 1.82) is 0 Å². The Bertz CT molecular complexity index is 734. The van der Waals surface area contributed by atoms with E-state index in [4.69, 9.17) is 9.47 Å². The molecule has 5 nitrogen and oxygen atoms in total. The second kappa shape index (κ2) is 8.06. The van der Waals surface area contributed by atoms with Crippen LogP contribution in [0.5, 0.6) is 0 Å². The lowest BCUT2D eigenvalue weighted by atomic mass is 10.0. The van der Waals surface area contributed by atoms with Crippen LogP contribution in [0.4, 0.5) is 5.69 Å². The zero-order valence-electron chi connectivity index (χ0n) is 14.6. The average molecular weight is 407 g/mol. The first-order valence-corrected chi connectivity index (χ1v) is 9.23. The Labute approximate surface area is 156 Å². The van der Waals surface area contributed by atoms with Crippen molar-refractivity contribution in [3.05, 3.63) is 40.6 Å². The highest BCUT2D eigenvalue weighted by Crippen LogP contribution is 2.37. The Morgan fingerprint density at radius 2 is 1.92 bits per heavy atom. The minimum atomic E-state index is -0.181. The smallest absolute Gasteiger partial charge is 0.305 e. The van der Waals surface area contributed by atoms with Gasteiger partial charge in [-0.05, 0) is 17.7 Å². The van der Waals surface area contributed by atoms with Crippen molar-refractivity contribution >= 4 is 27.6 Å². The number of hydrogen-bond acceptors (Lipinski definition) is 4. The summed E-state index contributed by atoms with van der Waals surface area (Å²) in [4.78, 5) is 14.0. The predicted molar refractivity (Wildman–Crippen MR) is 102 cm³/mol. The summed E-state index contributed by atoms with van der Waals surface area (Å²) >= 11 is 3.50. The van der Waals surface area contributed by atoms with E-state index in [0.29, 0.717) is 12.8 Å². The molecule has 0 aliphatic carbocycles. The number of halogens is 1. The molecule has 0 saturated carbocycles.